The number of likely N-dealkylation sites (tertiary alicyclic amines) is 1. The normalized spacial score (nSPS) is 18.2. The number of hydrogen-bond donors (Lipinski definition) is 1. The molecule has 5 heteroatoms. The Bertz CT molecular complexity index is 383. The highest BCUT2D eigenvalue weighted by Crippen LogP contribution is 2.21. The number of piperidine rings is 1. The zero-order valence-electron chi connectivity index (χ0n) is 12.5. The first-order chi connectivity index (χ1) is 9.06. The molecule has 2 heterocycles. The molecular weight excluding hydrogens is 240 g/mol. The molecule has 19 heavy (non-hydrogen) atoms. The van der Waals surface area contributed by atoms with Crippen molar-refractivity contribution in [3.8, 4) is 0 Å². The molecule has 0 saturated carbocycles. The van der Waals surface area contributed by atoms with Crippen LogP contribution in [0.3, 0.4) is 0 Å². The van der Waals surface area contributed by atoms with Gasteiger partial charge in [-0.05, 0) is 33.0 Å². The SMILES string of the molecule is CC(C)NCc1coc(N(C)C2CCN(C)CC2)n1. The second-order valence-corrected chi connectivity index (χ2v) is 5.80. The van der Waals surface area contributed by atoms with Crippen LogP contribution in [0.15, 0.2) is 10.7 Å². The van der Waals surface area contributed by atoms with Crippen molar-refractivity contribution in [2.45, 2.75) is 45.3 Å². The third kappa shape index (κ3) is 3.94. The fourth-order valence-electron chi connectivity index (χ4n) is 2.39. The summed E-state index contributed by atoms with van der Waals surface area (Å²) in [5.74, 6) is 0. The van der Waals surface area contributed by atoms with Crippen LogP contribution < -0.4 is 10.2 Å². The van der Waals surface area contributed by atoms with Crippen molar-refractivity contribution in [2.24, 2.45) is 0 Å². The summed E-state index contributed by atoms with van der Waals surface area (Å²) in [5, 5.41) is 3.35. The lowest BCUT2D eigenvalue weighted by atomic mass is 10.0. The average Bonchev–Trinajstić information content (AvgIpc) is 2.85. The summed E-state index contributed by atoms with van der Waals surface area (Å²) in [6.07, 6.45) is 4.11. The number of nitrogens with zero attached hydrogens (tertiary/aromatic N) is 3. The van der Waals surface area contributed by atoms with E-state index >= 15 is 0 Å². The van der Waals surface area contributed by atoms with Gasteiger partial charge in [0.15, 0.2) is 0 Å². The summed E-state index contributed by atoms with van der Waals surface area (Å²) < 4.78 is 5.60. The molecule has 0 bridgehead atoms. The molecule has 1 fully saturated rings. The molecule has 108 valence electrons. The number of oxazole rings is 1. The molecule has 1 aromatic heterocycles. The molecule has 0 amide bonds. The molecule has 1 aliphatic heterocycles. The van der Waals surface area contributed by atoms with E-state index in [-0.39, 0.29) is 0 Å². The maximum absolute atomic E-state index is 5.60. The van der Waals surface area contributed by atoms with E-state index in [1.807, 2.05) is 0 Å². The minimum atomic E-state index is 0.465. The van der Waals surface area contributed by atoms with Gasteiger partial charge in [-0.2, -0.15) is 4.98 Å². The molecule has 0 spiro atoms. The van der Waals surface area contributed by atoms with Gasteiger partial charge in [0, 0.05) is 25.7 Å². The van der Waals surface area contributed by atoms with E-state index in [2.05, 4.69) is 48.0 Å². The standard InChI is InChI=1S/C14H26N4O/c1-11(2)15-9-12-10-19-14(16-12)18(4)13-5-7-17(3)8-6-13/h10-11,13,15H,5-9H2,1-4H3. The monoisotopic (exact) mass is 266 g/mol. The van der Waals surface area contributed by atoms with Crippen molar-refractivity contribution in [3.05, 3.63) is 12.0 Å². The van der Waals surface area contributed by atoms with Crippen molar-refractivity contribution in [2.75, 3.05) is 32.1 Å². The van der Waals surface area contributed by atoms with Gasteiger partial charge in [0.25, 0.3) is 6.01 Å². The Morgan fingerprint density at radius 2 is 2.16 bits per heavy atom. The maximum Gasteiger partial charge on any atom is 0.297 e. The Labute approximate surface area is 116 Å². The lowest BCUT2D eigenvalue weighted by molar-refractivity contribution is 0.249. The fraction of sp³-hybridized carbons (Fsp3) is 0.786. The predicted molar refractivity (Wildman–Crippen MR) is 77.4 cm³/mol. The van der Waals surface area contributed by atoms with Gasteiger partial charge in [0.1, 0.15) is 6.26 Å². The van der Waals surface area contributed by atoms with Crippen molar-refractivity contribution in [1.82, 2.24) is 15.2 Å². The van der Waals surface area contributed by atoms with Gasteiger partial charge in [0.2, 0.25) is 0 Å². The van der Waals surface area contributed by atoms with E-state index in [1.54, 1.807) is 6.26 Å². The fourth-order valence-corrected chi connectivity index (χ4v) is 2.39. The maximum atomic E-state index is 5.60. The van der Waals surface area contributed by atoms with Crippen LogP contribution >= 0.6 is 0 Å². The second kappa shape index (κ2) is 6.39. The van der Waals surface area contributed by atoms with Gasteiger partial charge in [-0.15, -0.1) is 0 Å². The average molecular weight is 266 g/mol. The first-order valence-electron chi connectivity index (χ1n) is 7.15. The molecule has 0 aliphatic carbocycles. The van der Waals surface area contributed by atoms with Crippen molar-refractivity contribution in [3.63, 3.8) is 0 Å². The lowest BCUT2D eigenvalue weighted by Gasteiger charge is -2.34. The molecule has 0 aromatic carbocycles. The number of anilines is 1. The Balaban J connectivity index is 1.90. The van der Waals surface area contributed by atoms with Gasteiger partial charge >= 0.3 is 0 Å². The van der Waals surface area contributed by atoms with Crippen LogP contribution in [0.2, 0.25) is 0 Å². The predicted octanol–water partition coefficient (Wildman–Crippen LogP) is 1.70. The number of nitrogens with one attached hydrogen (secondary N) is 1. The molecule has 0 radical (unpaired) electrons. The first kappa shape index (κ1) is 14.3. The van der Waals surface area contributed by atoms with Gasteiger partial charge in [-0.25, -0.2) is 0 Å². The third-order valence-corrected chi connectivity index (χ3v) is 3.77. The van der Waals surface area contributed by atoms with Gasteiger partial charge in [0.05, 0.1) is 5.69 Å². The zero-order chi connectivity index (χ0) is 13.8. The highest BCUT2D eigenvalue weighted by atomic mass is 16.4. The van der Waals surface area contributed by atoms with E-state index in [0.717, 1.165) is 31.3 Å². The van der Waals surface area contributed by atoms with Crippen LogP contribution in [0.1, 0.15) is 32.4 Å². The number of aromatic nitrogens is 1. The largest absolute Gasteiger partial charge is 0.432 e. The molecule has 0 atom stereocenters. The minimum Gasteiger partial charge on any atom is -0.432 e. The van der Waals surface area contributed by atoms with E-state index in [9.17, 15) is 0 Å². The number of hydrogen-bond acceptors (Lipinski definition) is 5. The third-order valence-electron chi connectivity index (χ3n) is 3.77. The molecule has 1 aromatic rings. The lowest BCUT2D eigenvalue weighted by Crippen LogP contribution is -2.42. The molecule has 1 saturated heterocycles. The van der Waals surface area contributed by atoms with Crippen LogP contribution in [0.4, 0.5) is 6.01 Å². The Kier molecular flexibility index (Phi) is 4.82. The minimum absolute atomic E-state index is 0.465. The number of rotatable bonds is 5. The summed E-state index contributed by atoms with van der Waals surface area (Å²) in [6, 6.07) is 1.75. The van der Waals surface area contributed by atoms with Crippen molar-refractivity contribution >= 4 is 6.01 Å². The summed E-state index contributed by atoms with van der Waals surface area (Å²) in [4.78, 5) is 9.12. The molecule has 2 rings (SSSR count). The summed E-state index contributed by atoms with van der Waals surface area (Å²) in [5.41, 5.74) is 0.975. The Morgan fingerprint density at radius 1 is 1.47 bits per heavy atom. The quantitative estimate of drug-likeness (QED) is 0.879. The molecule has 1 aliphatic rings. The van der Waals surface area contributed by atoms with Crippen LogP contribution in [0.25, 0.3) is 0 Å². The van der Waals surface area contributed by atoms with Gasteiger partial charge < -0.3 is 19.5 Å². The van der Waals surface area contributed by atoms with Gasteiger partial charge in [-0.1, -0.05) is 13.8 Å². The molecular formula is C14H26N4O. The zero-order valence-corrected chi connectivity index (χ0v) is 12.5. The van der Waals surface area contributed by atoms with E-state index < -0.39 is 0 Å². The van der Waals surface area contributed by atoms with Crippen LogP contribution in [-0.2, 0) is 6.54 Å². The van der Waals surface area contributed by atoms with Crippen molar-refractivity contribution < 1.29 is 4.42 Å². The van der Waals surface area contributed by atoms with Crippen LogP contribution in [0.5, 0.6) is 0 Å². The van der Waals surface area contributed by atoms with Crippen molar-refractivity contribution in [1.29, 1.82) is 0 Å². The smallest absolute Gasteiger partial charge is 0.297 e. The Hall–Kier alpha value is -1.07. The van der Waals surface area contributed by atoms with E-state index in [0.29, 0.717) is 12.1 Å². The summed E-state index contributed by atoms with van der Waals surface area (Å²) in [7, 11) is 4.26. The second-order valence-electron chi connectivity index (χ2n) is 5.80. The van der Waals surface area contributed by atoms with Crippen LogP contribution in [0, 0.1) is 0 Å². The van der Waals surface area contributed by atoms with E-state index in [4.69, 9.17) is 4.42 Å². The highest BCUT2D eigenvalue weighted by molar-refractivity contribution is 5.27. The first-order valence-corrected chi connectivity index (χ1v) is 7.15. The Morgan fingerprint density at radius 3 is 2.79 bits per heavy atom. The summed E-state index contributed by atoms with van der Waals surface area (Å²) >= 11 is 0. The molecule has 0 unspecified atom stereocenters. The molecule has 5 nitrogen and oxygen atoms in total. The highest BCUT2D eigenvalue weighted by Gasteiger charge is 2.23. The van der Waals surface area contributed by atoms with E-state index in [1.165, 1.54) is 12.8 Å². The molecule has 1 N–H and O–H groups in total. The topological polar surface area (TPSA) is 44.5 Å². The van der Waals surface area contributed by atoms with Crippen LogP contribution in [-0.4, -0.2) is 49.2 Å². The summed E-state index contributed by atoms with van der Waals surface area (Å²) in [6.45, 7) is 7.33. The van der Waals surface area contributed by atoms with Gasteiger partial charge in [-0.3, -0.25) is 0 Å².